The molecule has 0 bridgehead atoms. The van der Waals surface area contributed by atoms with E-state index < -0.39 is 0 Å². The molecule has 0 spiro atoms. The van der Waals surface area contributed by atoms with Gasteiger partial charge in [0, 0.05) is 4.90 Å². The zero-order valence-electron chi connectivity index (χ0n) is 12.2. The van der Waals surface area contributed by atoms with E-state index in [0.29, 0.717) is 13.1 Å². The molecule has 2 amide bonds. The van der Waals surface area contributed by atoms with Crippen molar-refractivity contribution in [1.29, 1.82) is 0 Å². The van der Waals surface area contributed by atoms with Crippen LogP contribution in [-0.4, -0.2) is 37.7 Å². The van der Waals surface area contributed by atoms with Gasteiger partial charge >= 0.3 is 0 Å². The van der Waals surface area contributed by atoms with E-state index in [2.05, 4.69) is 5.32 Å². The summed E-state index contributed by atoms with van der Waals surface area (Å²) in [4.78, 5) is 25.6. The van der Waals surface area contributed by atoms with Crippen LogP contribution >= 0.6 is 11.8 Å². The van der Waals surface area contributed by atoms with Crippen molar-refractivity contribution in [3.63, 3.8) is 0 Å². The summed E-state index contributed by atoms with van der Waals surface area (Å²) in [6, 6.07) is 7.75. The van der Waals surface area contributed by atoms with Gasteiger partial charge in [0.1, 0.15) is 0 Å². The number of quaternary nitrogens is 1. The Bertz CT molecular complexity index is 521. The second kappa shape index (κ2) is 7.47. The fraction of sp³-hybridized carbons (Fsp3) is 0.467. The highest BCUT2D eigenvalue weighted by atomic mass is 32.2. The van der Waals surface area contributed by atoms with Crippen LogP contribution in [0.5, 0.6) is 0 Å². The standard InChI is InChI=1S/C15H21N3O2S/c1-21-13-7-3-2-6-12(13)17-14(19)10-18-8-4-5-11(9-18)15(16)20/h2-3,6-7,11H,4-5,8-10H2,1H3,(H2,16,20)(H,17,19)/p+1/t11-/m1/s1. The highest BCUT2D eigenvalue weighted by Gasteiger charge is 2.28. The minimum absolute atomic E-state index is 0.0170. The summed E-state index contributed by atoms with van der Waals surface area (Å²) in [5.74, 6) is -0.364. The number of nitrogens with two attached hydrogens (primary N) is 1. The van der Waals surface area contributed by atoms with Crippen molar-refractivity contribution in [2.75, 3.05) is 31.2 Å². The molecule has 1 fully saturated rings. The molecule has 1 aliphatic heterocycles. The van der Waals surface area contributed by atoms with Gasteiger partial charge in [0.15, 0.2) is 6.54 Å². The molecule has 2 rings (SSSR count). The number of anilines is 1. The summed E-state index contributed by atoms with van der Waals surface area (Å²) < 4.78 is 0. The monoisotopic (exact) mass is 308 g/mol. The van der Waals surface area contributed by atoms with Crippen LogP contribution in [0.25, 0.3) is 0 Å². The average Bonchev–Trinajstić information content (AvgIpc) is 2.48. The maximum Gasteiger partial charge on any atom is 0.279 e. The molecule has 1 aliphatic rings. The number of amides is 2. The van der Waals surface area contributed by atoms with Crippen LogP contribution in [0.2, 0.25) is 0 Å². The highest BCUT2D eigenvalue weighted by Crippen LogP contribution is 2.24. The van der Waals surface area contributed by atoms with E-state index in [4.69, 9.17) is 5.73 Å². The van der Waals surface area contributed by atoms with Gasteiger partial charge in [-0.1, -0.05) is 12.1 Å². The number of nitrogens with one attached hydrogen (secondary N) is 2. The van der Waals surface area contributed by atoms with E-state index in [-0.39, 0.29) is 17.7 Å². The molecule has 4 N–H and O–H groups in total. The maximum atomic E-state index is 12.2. The quantitative estimate of drug-likeness (QED) is 0.677. The molecular weight excluding hydrogens is 286 g/mol. The van der Waals surface area contributed by atoms with Gasteiger partial charge in [0.2, 0.25) is 5.91 Å². The number of piperidine rings is 1. The van der Waals surface area contributed by atoms with Gasteiger partial charge in [-0.25, -0.2) is 0 Å². The second-order valence-electron chi connectivity index (χ2n) is 5.37. The van der Waals surface area contributed by atoms with E-state index >= 15 is 0 Å². The number of para-hydroxylation sites is 1. The van der Waals surface area contributed by atoms with Crippen molar-refractivity contribution < 1.29 is 14.5 Å². The van der Waals surface area contributed by atoms with Crippen molar-refractivity contribution in [1.82, 2.24) is 0 Å². The molecule has 0 saturated carbocycles. The van der Waals surface area contributed by atoms with Crippen molar-refractivity contribution in [3.05, 3.63) is 24.3 Å². The summed E-state index contributed by atoms with van der Waals surface area (Å²) in [6.45, 7) is 1.96. The first-order valence-electron chi connectivity index (χ1n) is 7.16. The van der Waals surface area contributed by atoms with Crippen LogP contribution < -0.4 is 16.0 Å². The van der Waals surface area contributed by atoms with Crippen molar-refractivity contribution in [3.8, 4) is 0 Å². The average molecular weight is 308 g/mol. The summed E-state index contributed by atoms with van der Waals surface area (Å²) in [5, 5.41) is 2.96. The fourth-order valence-corrected chi connectivity index (χ4v) is 3.28. The number of thioether (sulfide) groups is 1. The molecule has 1 saturated heterocycles. The van der Waals surface area contributed by atoms with Gasteiger partial charge in [0.25, 0.3) is 5.91 Å². The van der Waals surface area contributed by atoms with Gasteiger partial charge in [-0.2, -0.15) is 0 Å². The van der Waals surface area contributed by atoms with E-state index in [9.17, 15) is 9.59 Å². The van der Waals surface area contributed by atoms with Gasteiger partial charge < -0.3 is 16.0 Å². The number of rotatable bonds is 5. The predicted molar refractivity (Wildman–Crippen MR) is 84.3 cm³/mol. The number of primary amides is 1. The Morgan fingerprint density at radius 2 is 2.19 bits per heavy atom. The second-order valence-corrected chi connectivity index (χ2v) is 6.22. The first-order chi connectivity index (χ1) is 10.1. The van der Waals surface area contributed by atoms with Gasteiger partial charge in [-0.15, -0.1) is 11.8 Å². The molecule has 0 aliphatic carbocycles. The molecule has 0 radical (unpaired) electrons. The molecule has 21 heavy (non-hydrogen) atoms. The number of likely N-dealkylation sites (tertiary alicyclic amines) is 1. The SMILES string of the molecule is CSc1ccccc1NC(=O)C[NH+]1CCC[C@@H](C(N)=O)C1. The largest absolute Gasteiger partial charge is 0.369 e. The fourth-order valence-electron chi connectivity index (χ4n) is 2.72. The summed E-state index contributed by atoms with van der Waals surface area (Å²) >= 11 is 1.61. The van der Waals surface area contributed by atoms with E-state index in [1.54, 1.807) is 11.8 Å². The normalized spacial score (nSPS) is 21.8. The number of hydrogen-bond donors (Lipinski definition) is 3. The lowest BCUT2D eigenvalue weighted by Gasteiger charge is -2.27. The zero-order valence-corrected chi connectivity index (χ0v) is 13.0. The topological polar surface area (TPSA) is 76.6 Å². The van der Waals surface area contributed by atoms with Crippen molar-refractivity contribution in [2.24, 2.45) is 11.7 Å². The number of carbonyl (C=O) groups excluding carboxylic acids is 2. The van der Waals surface area contributed by atoms with Crippen LogP contribution in [0, 0.1) is 5.92 Å². The summed E-state index contributed by atoms with van der Waals surface area (Å²) in [6.07, 6.45) is 3.77. The first kappa shape index (κ1) is 15.9. The van der Waals surface area contributed by atoms with Crippen LogP contribution in [0.15, 0.2) is 29.2 Å². The number of benzene rings is 1. The molecule has 1 unspecified atom stereocenters. The third kappa shape index (κ3) is 4.47. The van der Waals surface area contributed by atoms with E-state index in [0.717, 1.165) is 34.9 Å². The van der Waals surface area contributed by atoms with Crippen LogP contribution in [0.4, 0.5) is 5.69 Å². The van der Waals surface area contributed by atoms with Crippen LogP contribution in [-0.2, 0) is 9.59 Å². The zero-order chi connectivity index (χ0) is 15.2. The number of carbonyl (C=O) groups is 2. The minimum atomic E-state index is -0.250. The first-order valence-corrected chi connectivity index (χ1v) is 8.38. The smallest absolute Gasteiger partial charge is 0.279 e. The van der Waals surface area contributed by atoms with E-state index in [1.807, 2.05) is 30.5 Å². The third-order valence-electron chi connectivity index (χ3n) is 3.81. The highest BCUT2D eigenvalue weighted by molar-refractivity contribution is 7.98. The molecule has 114 valence electrons. The van der Waals surface area contributed by atoms with Gasteiger partial charge in [-0.3, -0.25) is 9.59 Å². The molecular formula is C15H22N3O2S+. The Balaban J connectivity index is 1.91. The Labute approximate surface area is 129 Å². The third-order valence-corrected chi connectivity index (χ3v) is 4.61. The van der Waals surface area contributed by atoms with Crippen LogP contribution in [0.1, 0.15) is 12.8 Å². The Morgan fingerprint density at radius 3 is 2.90 bits per heavy atom. The van der Waals surface area contributed by atoms with Crippen molar-refractivity contribution >= 4 is 29.3 Å². The Hall–Kier alpha value is -1.53. The minimum Gasteiger partial charge on any atom is -0.369 e. The lowest BCUT2D eigenvalue weighted by atomic mass is 9.97. The Morgan fingerprint density at radius 1 is 1.43 bits per heavy atom. The molecule has 6 heteroatoms. The number of hydrogen-bond acceptors (Lipinski definition) is 3. The summed E-state index contributed by atoms with van der Waals surface area (Å²) in [5.41, 5.74) is 6.21. The summed E-state index contributed by atoms with van der Waals surface area (Å²) in [7, 11) is 0. The predicted octanol–water partition coefficient (Wildman–Crippen LogP) is 0.127. The van der Waals surface area contributed by atoms with Crippen molar-refractivity contribution in [2.45, 2.75) is 17.7 Å². The lowest BCUT2D eigenvalue weighted by molar-refractivity contribution is -0.899. The molecule has 0 aromatic heterocycles. The molecule has 5 nitrogen and oxygen atoms in total. The molecule has 2 atom stereocenters. The molecule has 1 aromatic carbocycles. The van der Waals surface area contributed by atoms with E-state index in [1.165, 1.54) is 0 Å². The Kier molecular flexibility index (Phi) is 5.64. The molecule has 1 heterocycles. The van der Waals surface area contributed by atoms with Crippen LogP contribution in [0.3, 0.4) is 0 Å². The maximum absolute atomic E-state index is 12.2. The molecule has 1 aromatic rings. The lowest BCUT2D eigenvalue weighted by Crippen LogP contribution is -3.14. The van der Waals surface area contributed by atoms with Gasteiger partial charge in [0.05, 0.1) is 24.7 Å². The van der Waals surface area contributed by atoms with Gasteiger partial charge in [-0.05, 0) is 31.2 Å².